The van der Waals surface area contributed by atoms with Gasteiger partial charge in [0.25, 0.3) is 0 Å². The lowest BCUT2D eigenvalue weighted by Gasteiger charge is -2.20. The highest BCUT2D eigenvalue weighted by Gasteiger charge is 2.23. The van der Waals surface area contributed by atoms with Gasteiger partial charge in [0, 0.05) is 12.1 Å². The molecule has 0 fully saturated rings. The van der Waals surface area contributed by atoms with E-state index in [0.29, 0.717) is 11.5 Å². The molecule has 0 saturated heterocycles. The minimum Gasteiger partial charge on any atom is -0.493 e. The number of nitrogens with one attached hydrogen (secondary N) is 1. The summed E-state index contributed by atoms with van der Waals surface area (Å²) in [5.74, 6) is 0.768. The summed E-state index contributed by atoms with van der Waals surface area (Å²) in [6.07, 6.45) is 0. The topological polar surface area (TPSA) is 84.9 Å². The Morgan fingerprint density at radius 3 is 2.25 bits per heavy atom. The van der Waals surface area contributed by atoms with E-state index in [9.17, 15) is 13.5 Å². The van der Waals surface area contributed by atoms with Gasteiger partial charge in [0.05, 0.1) is 25.7 Å². The number of ether oxygens (including phenoxy) is 2. The van der Waals surface area contributed by atoms with E-state index in [-0.39, 0.29) is 17.4 Å². The Balaban J connectivity index is 3.09. The molecular weight excluding hydrogens is 282 g/mol. The third-order valence-corrected chi connectivity index (χ3v) is 4.46. The Morgan fingerprint density at radius 1 is 1.20 bits per heavy atom. The van der Waals surface area contributed by atoms with Crippen LogP contribution in [0, 0.1) is 5.92 Å². The van der Waals surface area contributed by atoms with Crippen molar-refractivity contribution in [2.75, 3.05) is 20.8 Å². The van der Waals surface area contributed by atoms with Crippen molar-refractivity contribution in [1.82, 2.24) is 4.72 Å². The van der Waals surface area contributed by atoms with Crippen molar-refractivity contribution in [2.24, 2.45) is 5.92 Å². The maximum Gasteiger partial charge on any atom is 0.241 e. The SMILES string of the molecule is COc1ccc(S(=O)(=O)N[C@H](CO)C(C)C)cc1OC. The highest BCUT2D eigenvalue weighted by Crippen LogP contribution is 2.29. The van der Waals surface area contributed by atoms with Crippen LogP contribution >= 0.6 is 0 Å². The highest BCUT2D eigenvalue weighted by atomic mass is 32.2. The van der Waals surface area contributed by atoms with Gasteiger partial charge in [0.15, 0.2) is 11.5 Å². The molecule has 0 bridgehead atoms. The first kappa shape index (κ1) is 16.7. The zero-order valence-electron chi connectivity index (χ0n) is 12.1. The molecule has 0 saturated carbocycles. The summed E-state index contributed by atoms with van der Waals surface area (Å²) >= 11 is 0. The van der Waals surface area contributed by atoms with Crippen LogP contribution < -0.4 is 14.2 Å². The van der Waals surface area contributed by atoms with E-state index < -0.39 is 16.1 Å². The number of aliphatic hydroxyl groups is 1. The molecule has 0 radical (unpaired) electrons. The standard InChI is InChI=1S/C13H21NO5S/c1-9(2)11(8-15)14-20(16,17)10-5-6-12(18-3)13(7-10)19-4/h5-7,9,11,14-15H,8H2,1-4H3/t11-/m1/s1. The van der Waals surface area contributed by atoms with Crippen molar-refractivity contribution in [1.29, 1.82) is 0 Å². The van der Waals surface area contributed by atoms with Gasteiger partial charge in [0.1, 0.15) is 0 Å². The van der Waals surface area contributed by atoms with Gasteiger partial charge in [-0.3, -0.25) is 0 Å². The lowest BCUT2D eigenvalue weighted by molar-refractivity contribution is 0.227. The molecule has 6 nitrogen and oxygen atoms in total. The van der Waals surface area contributed by atoms with E-state index >= 15 is 0 Å². The molecular formula is C13H21NO5S. The third kappa shape index (κ3) is 3.84. The summed E-state index contributed by atoms with van der Waals surface area (Å²) in [7, 11) is -0.806. The van der Waals surface area contributed by atoms with E-state index in [1.54, 1.807) is 0 Å². The van der Waals surface area contributed by atoms with Crippen LogP contribution in [0.3, 0.4) is 0 Å². The van der Waals surface area contributed by atoms with Crippen molar-refractivity contribution in [3.05, 3.63) is 18.2 Å². The monoisotopic (exact) mass is 303 g/mol. The third-order valence-electron chi connectivity index (χ3n) is 2.97. The smallest absolute Gasteiger partial charge is 0.241 e. The minimum atomic E-state index is -3.72. The van der Waals surface area contributed by atoms with Gasteiger partial charge < -0.3 is 14.6 Å². The zero-order valence-corrected chi connectivity index (χ0v) is 12.9. The Hall–Kier alpha value is -1.31. The molecule has 2 N–H and O–H groups in total. The molecule has 0 aliphatic heterocycles. The molecule has 7 heteroatoms. The van der Waals surface area contributed by atoms with Crippen LogP contribution in [0.25, 0.3) is 0 Å². The molecule has 0 amide bonds. The Kier molecular flexibility index (Phi) is 5.79. The average molecular weight is 303 g/mol. The predicted molar refractivity (Wildman–Crippen MR) is 75.6 cm³/mol. The first-order valence-corrected chi connectivity index (χ1v) is 7.69. The van der Waals surface area contributed by atoms with Gasteiger partial charge in [-0.05, 0) is 18.1 Å². The number of methoxy groups -OCH3 is 2. The average Bonchev–Trinajstić information content (AvgIpc) is 2.43. The summed E-state index contributed by atoms with van der Waals surface area (Å²) in [5.41, 5.74) is 0. The van der Waals surface area contributed by atoms with E-state index in [0.717, 1.165) is 0 Å². The van der Waals surface area contributed by atoms with Crippen LogP contribution in [0.4, 0.5) is 0 Å². The molecule has 1 rings (SSSR count). The van der Waals surface area contributed by atoms with Gasteiger partial charge in [-0.2, -0.15) is 0 Å². The fraction of sp³-hybridized carbons (Fsp3) is 0.538. The second-order valence-corrected chi connectivity index (χ2v) is 6.39. The zero-order chi connectivity index (χ0) is 15.3. The van der Waals surface area contributed by atoms with Crippen LogP contribution in [0.2, 0.25) is 0 Å². The molecule has 20 heavy (non-hydrogen) atoms. The quantitative estimate of drug-likeness (QED) is 0.785. The molecule has 114 valence electrons. The highest BCUT2D eigenvalue weighted by molar-refractivity contribution is 7.89. The number of hydrogen-bond acceptors (Lipinski definition) is 5. The van der Waals surface area contributed by atoms with Gasteiger partial charge in [-0.15, -0.1) is 0 Å². The molecule has 1 atom stereocenters. The first-order valence-electron chi connectivity index (χ1n) is 6.21. The first-order chi connectivity index (χ1) is 9.35. The van der Waals surface area contributed by atoms with Crippen LogP contribution in [-0.2, 0) is 10.0 Å². The normalized spacial score (nSPS) is 13.3. The summed E-state index contributed by atoms with van der Waals surface area (Å²) in [4.78, 5) is 0.0641. The number of sulfonamides is 1. The lowest BCUT2D eigenvalue weighted by atomic mass is 10.1. The minimum absolute atomic E-state index is 0.0186. The molecule has 0 heterocycles. The Labute approximate surface area is 119 Å². The van der Waals surface area contributed by atoms with Crippen LogP contribution in [0.5, 0.6) is 11.5 Å². The van der Waals surface area contributed by atoms with Crippen LogP contribution in [0.15, 0.2) is 23.1 Å². The van der Waals surface area contributed by atoms with Crippen molar-refractivity contribution < 1.29 is 23.0 Å². The van der Waals surface area contributed by atoms with Crippen molar-refractivity contribution in [2.45, 2.75) is 24.8 Å². The summed E-state index contributed by atoms with van der Waals surface area (Å²) in [6.45, 7) is 3.40. The van der Waals surface area contributed by atoms with Crippen LogP contribution in [0.1, 0.15) is 13.8 Å². The molecule has 0 aliphatic carbocycles. The molecule has 1 aromatic carbocycles. The Morgan fingerprint density at radius 2 is 1.80 bits per heavy atom. The van der Waals surface area contributed by atoms with Crippen molar-refractivity contribution >= 4 is 10.0 Å². The van der Waals surface area contributed by atoms with E-state index in [2.05, 4.69) is 4.72 Å². The fourth-order valence-electron chi connectivity index (χ4n) is 1.64. The van der Waals surface area contributed by atoms with Gasteiger partial charge in [-0.1, -0.05) is 13.8 Å². The number of hydrogen-bond donors (Lipinski definition) is 2. The van der Waals surface area contributed by atoms with E-state index in [1.807, 2.05) is 13.8 Å². The number of benzene rings is 1. The largest absolute Gasteiger partial charge is 0.493 e. The maximum atomic E-state index is 12.3. The second-order valence-electron chi connectivity index (χ2n) is 4.67. The maximum absolute atomic E-state index is 12.3. The van der Waals surface area contributed by atoms with Gasteiger partial charge >= 0.3 is 0 Å². The van der Waals surface area contributed by atoms with E-state index in [1.165, 1.54) is 32.4 Å². The number of rotatable bonds is 7. The molecule has 0 aliphatic rings. The van der Waals surface area contributed by atoms with Gasteiger partial charge in [-0.25, -0.2) is 13.1 Å². The van der Waals surface area contributed by atoms with E-state index in [4.69, 9.17) is 9.47 Å². The van der Waals surface area contributed by atoms with Crippen molar-refractivity contribution in [3.8, 4) is 11.5 Å². The molecule has 0 spiro atoms. The summed E-state index contributed by atoms with van der Waals surface area (Å²) < 4.78 is 37.1. The molecule has 0 aromatic heterocycles. The summed E-state index contributed by atoms with van der Waals surface area (Å²) in [5, 5.41) is 9.22. The summed E-state index contributed by atoms with van der Waals surface area (Å²) in [6, 6.07) is 3.80. The fourth-order valence-corrected chi connectivity index (χ4v) is 3.03. The molecule has 0 unspecified atom stereocenters. The Bertz CT molecular complexity index is 542. The van der Waals surface area contributed by atoms with Gasteiger partial charge in [0.2, 0.25) is 10.0 Å². The number of aliphatic hydroxyl groups excluding tert-OH is 1. The predicted octanol–water partition coefficient (Wildman–Crippen LogP) is 0.999. The van der Waals surface area contributed by atoms with Crippen LogP contribution in [-0.4, -0.2) is 40.4 Å². The second kappa shape index (κ2) is 6.92. The van der Waals surface area contributed by atoms with Crippen molar-refractivity contribution in [3.63, 3.8) is 0 Å². The lowest BCUT2D eigenvalue weighted by Crippen LogP contribution is -2.41. The molecule has 1 aromatic rings.